The molecule has 0 aliphatic rings. The van der Waals surface area contributed by atoms with Gasteiger partial charge in [-0.1, -0.05) is 57.9 Å². The number of hydrogen-bond donors (Lipinski definition) is 1. The minimum Gasteiger partial charge on any atom is -0.481 e. The van der Waals surface area contributed by atoms with Gasteiger partial charge in [0, 0.05) is 15.1 Å². The Labute approximate surface area is 215 Å². The number of halogens is 2. The highest BCUT2D eigenvalue weighted by molar-refractivity contribution is 9.10. The minimum atomic E-state index is -0.780. The Morgan fingerprint density at radius 1 is 0.971 bits per heavy atom. The highest BCUT2D eigenvalue weighted by Gasteiger charge is 2.15. The molecule has 0 spiro atoms. The van der Waals surface area contributed by atoms with Gasteiger partial charge in [-0.15, -0.1) is 0 Å². The van der Waals surface area contributed by atoms with Crippen molar-refractivity contribution in [3.63, 3.8) is 0 Å². The first-order valence-corrected chi connectivity index (χ1v) is 11.8. The predicted octanol–water partition coefficient (Wildman–Crippen LogP) is 6.39. The lowest BCUT2D eigenvalue weighted by molar-refractivity contribution is -0.127. The van der Waals surface area contributed by atoms with Crippen molar-refractivity contribution in [1.29, 1.82) is 0 Å². The number of carbonyl (C=O) groups is 2. The molecule has 0 aliphatic carbocycles. The van der Waals surface area contributed by atoms with Gasteiger partial charge in [-0.05, 0) is 72.3 Å². The maximum atomic E-state index is 12.5. The molecule has 0 fully saturated rings. The number of esters is 1. The van der Waals surface area contributed by atoms with Crippen molar-refractivity contribution < 1.29 is 19.1 Å². The average Bonchev–Trinajstić information content (AvgIpc) is 2.85. The molecule has 176 valence electrons. The SMILES string of the molecule is CC(Oc1ccc2ccccc2c1)C(=O)NN=Cc1cc(Br)ccc1OC(=O)c1ccc(Cl)cc1. The molecule has 0 bridgehead atoms. The second kappa shape index (κ2) is 11.2. The molecule has 4 rings (SSSR count). The van der Waals surface area contributed by atoms with Gasteiger partial charge in [-0.25, -0.2) is 10.2 Å². The van der Waals surface area contributed by atoms with E-state index in [0.717, 1.165) is 15.2 Å². The summed E-state index contributed by atoms with van der Waals surface area (Å²) < 4.78 is 12.0. The van der Waals surface area contributed by atoms with Crippen LogP contribution >= 0.6 is 27.5 Å². The average molecular weight is 552 g/mol. The number of nitrogens with zero attached hydrogens (tertiary/aromatic N) is 1. The van der Waals surface area contributed by atoms with Gasteiger partial charge in [0.2, 0.25) is 0 Å². The molecule has 0 saturated heterocycles. The van der Waals surface area contributed by atoms with E-state index < -0.39 is 18.0 Å². The Morgan fingerprint density at radius 3 is 2.49 bits per heavy atom. The second-order valence-corrected chi connectivity index (χ2v) is 8.93. The maximum Gasteiger partial charge on any atom is 0.343 e. The van der Waals surface area contributed by atoms with Crippen LogP contribution in [0.2, 0.25) is 5.02 Å². The Bertz CT molecular complexity index is 1410. The molecule has 35 heavy (non-hydrogen) atoms. The molecule has 1 unspecified atom stereocenters. The van der Waals surface area contributed by atoms with E-state index in [1.165, 1.54) is 6.21 Å². The summed E-state index contributed by atoms with van der Waals surface area (Å²) in [7, 11) is 0. The third kappa shape index (κ3) is 6.47. The van der Waals surface area contributed by atoms with Gasteiger partial charge in [0.1, 0.15) is 11.5 Å². The molecule has 6 nitrogen and oxygen atoms in total. The zero-order valence-corrected chi connectivity index (χ0v) is 20.9. The van der Waals surface area contributed by atoms with Gasteiger partial charge in [0.05, 0.1) is 11.8 Å². The summed E-state index contributed by atoms with van der Waals surface area (Å²) in [5.41, 5.74) is 3.31. The topological polar surface area (TPSA) is 77.0 Å². The minimum absolute atomic E-state index is 0.284. The number of ether oxygens (including phenoxy) is 2. The van der Waals surface area contributed by atoms with Gasteiger partial charge in [0.15, 0.2) is 6.10 Å². The third-order valence-corrected chi connectivity index (χ3v) is 5.78. The van der Waals surface area contributed by atoms with E-state index in [1.54, 1.807) is 49.4 Å². The molecular formula is C27H20BrClN2O4. The molecule has 0 heterocycles. The standard InChI is InChI=1S/C27H20BrClN2O4/c1-17(34-24-12-8-18-4-2-3-5-20(18)15-24)26(32)31-30-16-21-14-22(28)9-13-25(21)35-27(33)19-6-10-23(29)11-7-19/h2-17H,1H3,(H,31,32). The number of hydrogen-bond acceptors (Lipinski definition) is 5. The van der Waals surface area contributed by atoms with E-state index in [-0.39, 0.29) is 5.75 Å². The van der Waals surface area contributed by atoms with Gasteiger partial charge < -0.3 is 9.47 Å². The molecule has 1 N–H and O–H groups in total. The van der Waals surface area contributed by atoms with Crippen LogP contribution < -0.4 is 14.9 Å². The van der Waals surface area contributed by atoms with Crippen LogP contribution in [0.3, 0.4) is 0 Å². The predicted molar refractivity (Wildman–Crippen MR) is 140 cm³/mol. The molecule has 4 aromatic rings. The van der Waals surface area contributed by atoms with Crippen LogP contribution in [-0.4, -0.2) is 24.2 Å². The van der Waals surface area contributed by atoms with Gasteiger partial charge in [0.25, 0.3) is 5.91 Å². The van der Waals surface area contributed by atoms with Gasteiger partial charge in [-0.3, -0.25) is 4.79 Å². The van der Waals surface area contributed by atoms with Gasteiger partial charge in [-0.2, -0.15) is 5.10 Å². The lowest BCUT2D eigenvalue weighted by Crippen LogP contribution is -2.33. The zero-order valence-electron chi connectivity index (χ0n) is 18.6. The quantitative estimate of drug-likeness (QED) is 0.125. The summed E-state index contributed by atoms with van der Waals surface area (Å²) in [6.07, 6.45) is 0.619. The second-order valence-electron chi connectivity index (χ2n) is 7.58. The number of carbonyl (C=O) groups excluding carboxylic acids is 2. The molecule has 0 saturated carbocycles. The van der Waals surface area contributed by atoms with Crippen LogP contribution in [0.4, 0.5) is 0 Å². The zero-order chi connectivity index (χ0) is 24.8. The molecule has 1 atom stereocenters. The molecule has 1 amide bonds. The maximum absolute atomic E-state index is 12.5. The van der Waals surface area contributed by atoms with Crippen molar-refractivity contribution in [1.82, 2.24) is 5.43 Å². The lowest BCUT2D eigenvalue weighted by Gasteiger charge is -2.13. The summed E-state index contributed by atoms with van der Waals surface area (Å²) >= 11 is 9.26. The Morgan fingerprint density at radius 2 is 1.71 bits per heavy atom. The van der Waals surface area contributed by atoms with E-state index in [9.17, 15) is 9.59 Å². The lowest BCUT2D eigenvalue weighted by atomic mass is 10.1. The van der Waals surface area contributed by atoms with Crippen molar-refractivity contribution in [3.05, 3.63) is 106 Å². The van der Waals surface area contributed by atoms with Crippen LogP contribution in [0, 0.1) is 0 Å². The molecule has 8 heteroatoms. The number of amides is 1. The normalized spacial score (nSPS) is 11.9. The van der Waals surface area contributed by atoms with Crippen molar-refractivity contribution >= 4 is 56.4 Å². The van der Waals surface area contributed by atoms with E-state index in [1.807, 2.05) is 42.5 Å². The smallest absolute Gasteiger partial charge is 0.343 e. The van der Waals surface area contributed by atoms with Crippen LogP contribution in [0.1, 0.15) is 22.8 Å². The van der Waals surface area contributed by atoms with Crippen molar-refractivity contribution in [3.8, 4) is 11.5 Å². The van der Waals surface area contributed by atoms with Crippen LogP contribution in [0.25, 0.3) is 10.8 Å². The summed E-state index contributed by atoms with van der Waals surface area (Å²) in [5, 5.41) is 6.64. The van der Waals surface area contributed by atoms with Crippen molar-refractivity contribution in [2.45, 2.75) is 13.0 Å². The molecule has 4 aromatic carbocycles. The number of benzene rings is 4. The van der Waals surface area contributed by atoms with Gasteiger partial charge >= 0.3 is 5.97 Å². The van der Waals surface area contributed by atoms with E-state index in [4.69, 9.17) is 21.1 Å². The Kier molecular flexibility index (Phi) is 7.80. The fourth-order valence-corrected chi connectivity index (χ4v) is 3.72. The largest absolute Gasteiger partial charge is 0.481 e. The van der Waals surface area contributed by atoms with Crippen LogP contribution in [0.5, 0.6) is 11.5 Å². The summed E-state index contributed by atoms with van der Waals surface area (Å²) in [4.78, 5) is 25.0. The summed E-state index contributed by atoms with van der Waals surface area (Å²) in [5.74, 6) is -0.102. The van der Waals surface area contributed by atoms with E-state index in [0.29, 0.717) is 21.9 Å². The number of hydrazone groups is 1. The van der Waals surface area contributed by atoms with Crippen LogP contribution in [0.15, 0.2) is 94.5 Å². The number of nitrogens with one attached hydrogen (secondary N) is 1. The fourth-order valence-electron chi connectivity index (χ4n) is 3.21. The molecular weight excluding hydrogens is 532 g/mol. The van der Waals surface area contributed by atoms with E-state index in [2.05, 4.69) is 26.5 Å². The van der Waals surface area contributed by atoms with E-state index >= 15 is 0 Å². The van der Waals surface area contributed by atoms with Crippen LogP contribution in [-0.2, 0) is 4.79 Å². The Balaban J connectivity index is 1.40. The monoisotopic (exact) mass is 550 g/mol. The first-order valence-electron chi connectivity index (χ1n) is 10.6. The first-order chi connectivity index (χ1) is 16.9. The summed E-state index contributed by atoms with van der Waals surface area (Å²) in [6, 6.07) is 25.0. The first kappa shape index (κ1) is 24.4. The summed E-state index contributed by atoms with van der Waals surface area (Å²) in [6.45, 7) is 1.64. The van der Waals surface area contributed by atoms with Crippen molar-refractivity contribution in [2.75, 3.05) is 0 Å². The number of rotatable bonds is 7. The number of fused-ring (bicyclic) bond motifs is 1. The third-order valence-electron chi connectivity index (χ3n) is 5.04. The fraction of sp³-hybridized carbons (Fsp3) is 0.0741. The molecule has 0 radical (unpaired) electrons. The van der Waals surface area contributed by atoms with Crippen molar-refractivity contribution in [2.24, 2.45) is 5.10 Å². The molecule has 0 aromatic heterocycles. The highest BCUT2D eigenvalue weighted by Crippen LogP contribution is 2.24. The highest BCUT2D eigenvalue weighted by atomic mass is 79.9. The Hall–Kier alpha value is -3.68. The molecule has 0 aliphatic heterocycles.